The lowest BCUT2D eigenvalue weighted by molar-refractivity contribution is 0.102. The minimum Gasteiger partial charge on any atom is -0.305 e. The van der Waals surface area contributed by atoms with E-state index in [1.165, 1.54) is 4.68 Å². The van der Waals surface area contributed by atoms with Gasteiger partial charge < -0.3 is 5.32 Å². The van der Waals surface area contributed by atoms with Crippen molar-refractivity contribution in [1.29, 1.82) is 0 Å². The Bertz CT molecular complexity index is 590. The first-order valence-electron chi connectivity index (χ1n) is 5.37. The van der Waals surface area contributed by atoms with E-state index in [9.17, 15) is 9.70 Å². The Morgan fingerprint density at radius 1 is 1.33 bits per heavy atom. The first-order chi connectivity index (χ1) is 8.63. The molecule has 2 aromatic rings. The third-order valence-electron chi connectivity index (χ3n) is 2.55. The molecule has 0 fully saturated rings. The van der Waals surface area contributed by atoms with Crippen LogP contribution in [0.15, 0.2) is 35.5 Å². The molecule has 0 aliphatic carbocycles. The molecule has 6 nitrogen and oxygen atoms in total. The number of nitroso groups, excluding NO2 is 1. The SMILES string of the molecule is Cc1nn(C)c(NC(=O)c2ccccc2)c1N=O. The number of amides is 1. The predicted molar refractivity (Wildman–Crippen MR) is 67.8 cm³/mol. The fourth-order valence-electron chi connectivity index (χ4n) is 1.67. The number of nitrogens with one attached hydrogen (secondary N) is 1. The molecule has 1 heterocycles. The number of hydrogen-bond donors (Lipinski definition) is 1. The Morgan fingerprint density at radius 3 is 2.61 bits per heavy atom. The summed E-state index contributed by atoms with van der Waals surface area (Å²) < 4.78 is 1.42. The molecule has 6 heteroatoms. The number of nitrogens with zero attached hydrogens (tertiary/aromatic N) is 3. The maximum absolute atomic E-state index is 11.9. The molecule has 92 valence electrons. The summed E-state index contributed by atoms with van der Waals surface area (Å²) in [4.78, 5) is 22.7. The molecule has 1 aromatic heterocycles. The molecule has 0 aliphatic heterocycles. The van der Waals surface area contributed by atoms with Gasteiger partial charge in [-0.25, -0.2) is 0 Å². The zero-order chi connectivity index (χ0) is 13.1. The summed E-state index contributed by atoms with van der Waals surface area (Å²) in [6, 6.07) is 8.73. The van der Waals surface area contributed by atoms with Crippen LogP contribution in [0.1, 0.15) is 16.1 Å². The van der Waals surface area contributed by atoms with Gasteiger partial charge in [0.1, 0.15) is 0 Å². The maximum atomic E-state index is 11.9. The molecule has 0 bridgehead atoms. The minimum atomic E-state index is -0.302. The van der Waals surface area contributed by atoms with Gasteiger partial charge >= 0.3 is 0 Å². The van der Waals surface area contributed by atoms with Gasteiger partial charge in [0.2, 0.25) is 0 Å². The zero-order valence-electron chi connectivity index (χ0n) is 10.0. The Morgan fingerprint density at radius 2 is 2.00 bits per heavy atom. The second-order valence-electron chi connectivity index (χ2n) is 3.82. The van der Waals surface area contributed by atoms with E-state index in [0.29, 0.717) is 17.1 Å². The minimum absolute atomic E-state index is 0.154. The number of aromatic nitrogens is 2. The first-order valence-corrected chi connectivity index (χ1v) is 5.37. The molecule has 0 unspecified atom stereocenters. The summed E-state index contributed by atoms with van der Waals surface area (Å²) in [6.45, 7) is 1.66. The lowest BCUT2D eigenvalue weighted by Gasteiger charge is -2.05. The number of carbonyl (C=O) groups excluding carboxylic acids is 1. The third kappa shape index (κ3) is 2.13. The van der Waals surface area contributed by atoms with E-state index in [1.54, 1.807) is 38.2 Å². The molecule has 0 aliphatic rings. The van der Waals surface area contributed by atoms with Crippen molar-refractivity contribution < 1.29 is 4.79 Å². The van der Waals surface area contributed by atoms with Crippen LogP contribution in [0, 0.1) is 11.8 Å². The monoisotopic (exact) mass is 244 g/mol. The highest BCUT2D eigenvalue weighted by Crippen LogP contribution is 2.28. The third-order valence-corrected chi connectivity index (χ3v) is 2.55. The lowest BCUT2D eigenvalue weighted by Crippen LogP contribution is -2.14. The van der Waals surface area contributed by atoms with Crippen LogP contribution >= 0.6 is 0 Å². The van der Waals surface area contributed by atoms with Crippen molar-refractivity contribution in [1.82, 2.24) is 9.78 Å². The van der Waals surface area contributed by atoms with E-state index in [2.05, 4.69) is 15.6 Å². The highest BCUT2D eigenvalue weighted by atomic mass is 16.3. The number of benzene rings is 1. The second-order valence-corrected chi connectivity index (χ2v) is 3.82. The molecular weight excluding hydrogens is 232 g/mol. The molecule has 0 atom stereocenters. The summed E-state index contributed by atoms with van der Waals surface area (Å²) in [7, 11) is 1.64. The van der Waals surface area contributed by atoms with Crippen LogP contribution in [0.3, 0.4) is 0 Å². The highest BCUT2D eigenvalue weighted by Gasteiger charge is 2.16. The van der Waals surface area contributed by atoms with Crippen molar-refractivity contribution in [3.8, 4) is 0 Å². The summed E-state index contributed by atoms with van der Waals surface area (Å²) >= 11 is 0. The van der Waals surface area contributed by atoms with Gasteiger partial charge in [0.05, 0.1) is 5.69 Å². The van der Waals surface area contributed by atoms with Gasteiger partial charge in [0.25, 0.3) is 5.91 Å². The van der Waals surface area contributed by atoms with Crippen molar-refractivity contribution in [3.05, 3.63) is 46.5 Å². The van der Waals surface area contributed by atoms with E-state index >= 15 is 0 Å². The van der Waals surface area contributed by atoms with Gasteiger partial charge in [0.15, 0.2) is 11.5 Å². The maximum Gasteiger partial charge on any atom is 0.256 e. The smallest absolute Gasteiger partial charge is 0.256 e. The molecule has 0 spiro atoms. The molecule has 1 amide bonds. The van der Waals surface area contributed by atoms with Crippen LogP contribution in [0.5, 0.6) is 0 Å². The standard InChI is InChI=1S/C12H12N4O2/c1-8-10(15-18)11(16(2)14-8)13-12(17)9-6-4-3-5-7-9/h3-7H,1-2H3,(H,13,17). The van der Waals surface area contributed by atoms with E-state index in [4.69, 9.17) is 0 Å². The molecule has 18 heavy (non-hydrogen) atoms. The Hall–Kier alpha value is -2.50. The van der Waals surface area contributed by atoms with Gasteiger partial charge in [-0.2, -0.15) is 5.10 Å². The average molecular weight is 244 g/mol. The van der Waals surface area contributed by atoms with Crippen molar-refractivity contribution in [3.63, 3.8) is 0 Å². The molecule has 1 N–H and O–H groups in total. The van der Waals surface area contributed by atoms with Gasteiger partial charge in [-0.1, -0.05) is 18.2 Å². The number of rotatable bonds is 3. The summed E-state index contributed by atoms with van der Waals surface area (Å²) in [6.07, 6.45) is 0. The van der Waals surface area contributed by atoms with Crippen molar-refractivity contribution in [2.24, 2.45) is 12.2 Å². The van der Waals surface area contributed by atoms with Crippen LogP contribution in [0.4, 0.5) is 11.5 Å². The molecule has 0 radical (unpaired) electrons. The summed E-state index contributed by atoms with van der Waals surface area (Å²) in [5.74, 6) is -0.000136. The second kappa shape index (κ2) is 4.79. The van der Waals surface area contributed by atoms with Crippen molar-refractivity contribution in [2.75, 3.05) is 5.32 Å². The average Bonchev–Trinajstić information content (AvgIpc) is 2.64. The molecule has 2 rings (SSSR count). The highest BCUT2D eigenvalue weighted by molar-refractivity contribution is 6.05. The summed E-state index contributed by atoms with van der Waals surface area (Å²) in [5.41, 5.74) is 1.14. The van der Waals surface area contributed by atoms with E-state index < -0.39 is 0 Å². The Labute approximate surface area is 104 Å². The topological polar surface area (TPSA) is 76.3 Å². The predicted octanol–water partition coefficient (Wildman–Crippen LogP) is 2.38. The first kappa shape index (κ1) is 12.0. The lowest BCUT2D eigenvalue weighted by atomic mass is 10.2. The Balaban J connectivity index is 2.30. The largest absolute Gasteiger partial charge is 0.305 e. The number of aryl methyl sites for hydroxylation is 2. The van der Waals surface area contributed by atoms with Gasteiger partial charge in [-0.15, -0.1) is 4.91 Å². The number of carbonyl (C=O) groups is 1. The van der Waals surface area contributed by atoms with E-state index in [1.807, 2.05) is 6.07 Å². The molecular formula is C12H12N4O2. The van der Waals surface area contributed by atoms with Crippen LogP contribution in [-0.4, -0.2) is 15.7 Å². The fourth-order valence-corrected chi connectivity index (χ4v) is 1.67. The van der Waals surface area contributed by atoms with Crippen LogP contribution in [-0.2, 0) is 7.05 Å². The number of hydrogen-bond acceptors (Lipinski definition) is 4. The normalized spacial score (nSPS) is 10.1. The van der Waals surface area contributed by atoms with Gasteiger partial charge in [-0.3, -0.25) is 9.48 Å². The van der Waals surface area contributed by atoms with Crippen LogP contribution in [0.25, 0.3) is 0 Å². The zero-order valence-corrected chi connectivity index (χ0v) is 10.0. The van der Waals surface area contributed by atoms with Crippen LogP contribution in [0.2, 0.25) is 0 Å². The fraction of sp³-hybridized carbons (Fsp3) is 0.167. The summed E-state index contributed by atoms with van der Waals surface area (Å²) in [5, 5.41) is 9.56. The van der Waals surface area contributed by atoms with E-state index in [-0.39, 0.29) is 11.6 Å². The quantitative estimate of drug-likeness (QED) is 0.842. The molecule has 1 aromatic carbocycles. The molecule has 0 saturated heterocycles. The van der Waals surface area contributed by atoms with Crippen molar-refractivity contribution in [2.45, 2.75) is 6.92 Å². The van der Waals surface area contributed by atoms with Gasteiger partial charge in [-0.05, 0) is 24.2 Å². The van der Waals surface area contributed by atoms with Gasteiger partial charge in [0, 0.05) is 12.6 Å². The number of anilines is 1. The van der Waals surface area contributed by atoms with E-state index in [0.717, 1.165) is 0 Å². The molecule has 0 saturated carbocycles. The van der Waals surface area contributed by atoms with Crippen molar-refractivity contribution >= 4 is 17.4 Å². The van der Waals surface area contributed by atoms with Crippen LogP contribution < -0.4 is 5.32 Å². The Kier molecular flexibility index (Phi) is 3.18.